The Morgan fingerprint density at radius 1 is 1.06 bits per heavy atom. The molecule has 8 heteroatoms. The van der Waals surface area contributed by atoms with Gasteiger partial charge in [0.25, 0.3) is 0 Å². The molecule has 1 amide bonds. The minimum absolute atomic E-state index is 0.00705. The summed E-state index contributed by atoms with van der Waals surface area (Å²) in [4.78, 5) is 23.4. The van der Waals surface area contributed by atoms with Gasteiger partial charge in [0.1, 0.15) is 12.7 Å². The first-order valence-electron chi connectivity index (χ1n) is 11.3. The summed E-state index contributed by atoms with van der Waals surface area (Å²) >= 11 is 0. The van der Waals surface area contributed by atoms with Gasteiger partial charge in [0.05, 0.1) is 18.8 Å². The fraction of sp³-hybridized carbons (Fsp3) is 0.259. The molecular weight excluding hydrogens is 450 g/mol. The first kappa shape index (κ1) is 24.3. The number of benzene rings is 3. The Kier molecular flexibility index (Phi) is 7.33. The van der Waals surface area contributed by atoms with E-state index in [1.165, 1.54) is 19.2 Å². The number of hydrogen-bond donors (Lipinski definition) is 4. The Balaban J connectivity index is 1.30. The van der Waals surface area contributed by atoms with Gasteiger partial charge in [-0.3, -0.25) is 4.79 Å². The third-order valence-corrected chi connectivity index (χ3v) is 6.23. The molecule has 0 bridgehead atoms. The van der Waals surface area contributed by atoms with Crippen LogP contribution in [0.1, 0.15) is 45.5 Å². The molecule has 0 fully saturated rings. The Hall–Kier alpha value is -3.88. The lowest BCUT2D eigenvalue weighted by molar-refractivity contribution is 0.0135. The summed E-state index contributed by atoms with van der Waals surface area (Å²) in [6.07, 6.45) is -2.75. The second-order valence-electron chi connectivity index (χ2n) is 8.33. The second kappa shape index (κ2) is 10.6. The number of nitrogens with one attached hydrogen (secondary N) is 1. The molecule has 182 valence electrons. The lowest BCUT2D eigenvalue weighted by Gasteiger charge is -2.20. The maximum atomic E-state index is 12.3. The smallest absolute Gasteiger partial charge is 0.407 e. The molecule has 0 spiro atoms. The Morgan fingerprint density at radius 3 is 2.29 bits per heavy atom. The van der Waals surface area contributed by atoms with E-state index in [1.807, 2.05) is 36.4 Å². The van der Waals surface area contributed by atoms with E-state index in [0.29, 0.717) is 6.29 Å². The van der Waals surface area contributed by atoms with Crippen molar-refractivity contribution < 1.29 is 34.4 Å². The van der Waals surface area contributed by atoms with Crippen molar-refractivity contribution in [2.24, 2.45) is 0 Å². The third kappa shape index (κ3) is 4.99. The van der Waals surface area contributed by atoms with Crippen LogP contribution in [-0.4, -0.2) is 54.1 Å². The van der Waals surface area contributed by atoms with Gasteiger partial charge in [-0.15, -0.1) is 0 Å². The minimum Gasteiger partial charge on any atom is -0.504 e. The molecular formula is C27H27NO7. The quantitative estimate of drug-likeness (QED) is 0.347. The van der Waals surface area contributed by atoms with E-state index in [0.717, 1.165) is 22.3 Å². The van der Waals surface area contributed by atoms with E-state index < -0.39 is 18.3 Å². The molecule has 2 atom stereocenters. The van der Waals surface area contributed by atoms with Crippen molar-refractivity contribution in [2.45, 2.75) is 24.5 Å². The molecule has 8 nitrogen and oxygen atoms in total. The molecule has 3 aromatic rings. The van der Waals surface area contributed by atoms with Gasteiger partial charge in [0.2, 0.25) is 0 Å². The molecule has 0 aromatic heterocycles. The van der Waals surface area contributed by atoms with Crippen LogP contribution in [0.2, 0.25) is 0 Å². The highest BCUT2D eigenvalue weighted by molar-refractivity contribution is 5.81. The van der Waals surface area contributed by atoms with Crippen LogP contribution in [0, 0.1) is 0 Å². The molecule has 0 saturated heterocycles. The highest BCUT2D eigenvalue weighted by atomic mass is 16.5. The summed E-state index contributed by atoms with van der Waals surface area (Å²) in [7, 11) is 1.31. The number of carbonyl (C=O) groups is 2. The normalized spacial score (nSPS) is 13.9. The van der Waals surface area contributed by atoms with Gasteiger partial charge in [-0.05, 0) is 46.4 Å². The molecule has 0 radical (unpaired) electrons. The van der Waals surface area contributed by atoms with Gasteiger partial charge in [0, 0.05) is 12.5 Å². The van der Waals surface area contributed by atoms with Crippen molar-refractivity contribution >= 4 is 12.4 Å². The standard InChI is InChI=1S/C27H27NO7/c1-34-24-13-16(12-17(14-29)26(24)32)25(31)23(30)10-11-28-27(33)35-15-22-20-8-4-2-6-18(20)19-7-3-5-9-21(19)22/h2-9,12-14,22-23,25,30-32H,10-11,15H2,1H3,(H,28,33). The van der Waals surface area contributed by atoms with Crippen molar-refractivity contribution in [3.8, 4) is 22.6 Å². The van der Waals surface area contributed by atoms with E-state index in [2.05, 4.69) is 17.4 Å². The number of hydrogen-bond acceptors (Lipinski definition) is 7. The van der Waals surface area contributed by atoms with Crippen LogP contribution in [0.3, 0.4) is 0 Å². The van der Waals surface area contributed by atoms with Crippen LogP contribution in [0.25, 0.3) is 11.1 Å². The average molecular weight is 478 g/mol. The Bertz CT molecular complexity index is 1180. The minimum atomic E-state index is -1.35. The van der Waals surface area contributed by atoms with Gasteiger partial charge >= 0.3 is 6.09 Å². The zero-order chi connectivity index (χ0) is 24.9. The summed E-state index contributed by atoms with van der Waals surface area (Å²) in [5.74, 6) is -0.394. The van der Waals surface area contributed by atoms with E-state index in [1.54, 1.807) is 0 Å². The van der Waals surface area contributed by atoms with Crippen LogP contribution in [-0.2, 0) is 4.74 Å². The topological polar surface area (TPSA) is 125 Å². The largest absolute Gasteiger partial charge is 0.504 e. The Morgan fingerprint density at radius 2 is 1.69 bits per heavy atom. The number of rotatable bonds is 9. The van der Waals surface area contributed by atoms with Gasteiger partial charge < -0.3 is 30.1 Å². The van der Waals surface area contributed by atoms with E-state index in [4.69, 9.17) is 9.47 Å². The number of fused-ring (bicyclic) bond motifs is 3. The number of carbonyl (C=O) groups excluding carboxylic acids is 2. The van der Waals surface area contributed by atoms with Crippen LogP contribution in [0.5, 0.6) is 11.5 Å². The van der Waals surface area contributed by atoms with Crippen LogP contribution in [0.15, 0.2) is 60.7 Å². The maximum Gasteiger partial charge on any atom is 0.407 e. The summed E-state index contributed by atoms with van der Waals surface area (Å²) in [6, 6.07) is 18.7. The molecule has 0 aliphatic heterocycles. The van der Waals surface area contributed by atoms with E-state index in [-0.39, 0.29) is 48.1 Å². The van der Waals surface area contributed by atoms with Gasteiger partial charge in [-0.1, -0.05) is 48.5 Å². The lowest BCUT2D eigenvalue weighted by atomic mass is 9.98. The molecule has 3 aromatic carbocycles. The molecule has 1 aliphatic rings. The van der Waals surface area contributed by atoms with Gasteiger partial charge in [-0.2, -0.15) is 0 Å². The van der Waals surface area contributed by atoms with Crippen molar-refractivity contribution in [1.82, 2.24) is 5.32 Å². The number of alkyl carbamates (subject to hydrolysis) is 1. The van der Waals surface area contributed by atoms with Crippen LogP contribution < -0.4 is 10.1 Å². The molecule has 0 heterocycles. The maximum absolute atomic E-state index is 12.3. The van der Waals surface area contributed by atoms with Crippen LogP contribution in [0.4, 0.5) is 4.79 Å². The monoisotopic (exact) mass is 477 g/mol. The Labute approximate surface area is 202 Å². The van der Waals surface area contributed by atoms with Gasteiger partial charge in [0.15, 0.2) is 17.8 Å². The van der Waals surface area contributed by atoms with E-state index in [9.17, 15) is 24.9 Å². The molecule has 1 aliphatic carbocycles. The average Bonchev–Trinajstić information content (AvgIpc) is 3.20. The van der Waals surface area contributed by atoms with Crippen molar-refractivity contribution in [1.29, 1.82) is 0 Å². The number of aromatic hydroxyl groups is 1. The third-order valence-electron chi connectivity index (χ3n) is 6.23. The van der Waals surface area contributed by atoms with E-state index >= 15 is 0 Å². The van der Waals surface area contributed by atoms with Gasteiger partial charge in [-0.25, -0.2) is 4.79 Å². The molecule has 2 unspecified atom stereocenters. The number of aldehydes is 1. The highest BCUT2D eigenvalue weighted by Crippen LogP contribution is 2.44. The zero-order valence-corrected chi connectivity index (χ0v) is 19.2. The number of phenols is 1. The highest BCUT2D eigenvalue weighted by Gasteiger charge is 2.29. The number of phenolic OH excluding ortho intramolecular Hbond substituents is 1. The number of methoxy groups -OCH3 is 1. The lowest BCUT2D eigenvalue weighted by Crippen LogP contribution is -2.30. The summed E-state index contributed by atoms with van der Waals surface area (Å²) in [5.41, 5.74) is 4.63. The SMILES string of the molecule is COc1cc(C(O)C(O)CCNC(=O)OCC2c3ccccc3-c3ccccc32)cc(C=O)c1O. The summed E-state index contributed by atoms with van der Waals surface area (Å²) in [6.45, 7) is 0.234. The molecule has 4 N–H and O–H groups in total. The van der Waals surface area contributed by atoms with Crippen molar-refractivity contribution in [3.63, 3.8) is 0 Å². The predicted octanol–water partition coefficient (Wildman–Crippen LogP) is 3.54. The first-order chi connectivity index (χ1) is 16.9. The number of aliphatic hydroxyl groups is 2. The molecule has 4 rings (SSSR count). The van der Waals surface area contributed by atoms with Crippen molar-refractivity contribution in [3.05, 3.63) is 82.9 Å². The molecule has 35 heavy (non-hydrogen) atoms. The molecule has 0 saturated carbocycles. The summed E-state index contributed by atoms with van der Waals surface area (Å²) < 4.78 is 10.5. The zero-order valence-electron chi connectivity index (χ0n) is 19.2. The first-order valence-corrected chi connectivity index (χ1v) is 11.3. The fourth-order valence-electron chi connectivity index (χ4n) is 4.42. The number of ether oxygens (including phenoxy) is 2. The predicted molar refractivity (Wildman–Crippen MR) is 129 cm³/mol. The fourth-order valence-corrected chi connectivity index (χ4v) is 4.42. The van der Waals surface area contributed by atoms with Crippen LogP contribution >= 0.6 is 0 Å². The number of amides is 1. The second-order valence-corrected chi connectivity index (χ2v) is 8.33. The number of aliphatic hydroxyl groups excluding tert-OH is 2. The van der Waals surface area contributed by atoms with Crippen molar-refractivity contribution in [2.75, 3.05) is 20.3 Å². The summed E-state index contributed by atoms with van der Waals surface area (Å²) in [5, 5.41) is 33.3.